The Morgan fingerprint density at radius 2 is 2.09 bits per heavy atom. The Balaban J connectivity index is 2.64. The van der Waals surface area contributed by atoms with Crippen LogP contribution < -0.4 is 4.74 Å². The standard InChI is InChI=1S/C16H18FNO4/c1-16(2)5-4-11(10(8-16)9-19)12-6-14(18(20)21)13(17)7-15(12)22-3/h6-7,9H,4-5,8H2,1-3H3. The molecule has 0 aromatic heterocycles. The monoisotopic (exact) mass is 307 g/mol. The third-order valence-electron chi connectivity index (χ3n) is 4.04. The van der Waals surface area contributed by atoms with Crippen LogP contribution in [-0.2, 0) is 4.79 Å². The highest BCUT2D eigenvalue weighted by Crippen LogP contribution is 2.44. The lowest BCUT2D eigenvalue weighted by molar-refractivity contribution is -0.387. The van der Waals surface area contributed by atoms with Gasteiger partial charge in [-0.3, -0.25) is 14.9 Å². The minimum atomic E-state index is -0.949. The quantitative estimate of drug-likeness (QED) is 0.480. The molecule has 118 valence electrons. The second-order valence-corrected chi connectivity index (χ2v) is 6.22. The molecule has 1 aliphatic carbocycles. The fourth-order valence-corrected chi connectivity index (χ4v) is 2.84. The van der Waals surface area contributed by atoms with Crippen LogP contribution in [0.15, 0.2) is 17.7 Å². The van der Waals surface area contributed by atoms with E-state index < -0.39 is 16.4 Å². The molecule has 1 aromatic carbocycles. The Morgan fingerprint density at radius 3 is 2.64 bits per heavy atom. The predicted molar refractivity (Wildman–Crippen MR) is 80.2 cm³/mol. The lowest BCUT2D eigenvalue weighted by atomic mass is 9.73. The first-order valence-electron chi connectivity index (χ1n) is 6.98. The normalized spacial score (nSPS) is 17.3. The molecule has 0 aliphatic heterocycles. The number of rotatable bonds is 4. The molecule has 0 spiro atoms. The number of ether oxygens (including phenoxy) is 1. The van der Waals surface area contributed by atoms with Crippen molar-refractivity contribution in [3.05, 3.63) is 39.2 Å². The summed E-state index contributed by atoms with van der Waals surface area (Å²) in [5.74, 6) is -0.743. The van der Waals surface area contributed by atoms with Crippen LogP contribution in [0.25, 0.3) is 5.57 Å². The van der Waals surface area contributed by atoms with Crippen molar-refractivity contribution in [2.75, 3.05) is 7.11 Å². The fourth-order valence-electron chi connectivity index (χ4n) is 2.84. The molecule has 0 heterocycles. The van der Waals surface area contributed by atoms with E-state index in [1.165, 1.54) is 7.11 Å². The molecular weight excluding hydrogens is 289 g/mol. The topological polar surface area (TPSA) is 69.4 Å². The average molecular weight is 307 g/mol. The van der Waals surface area contributed by atoms with Gasteiger partial charge in [-0.1, -0.05) is 13.8 Å². The van der Waals surface area contributed by atoms with Gasteiger partial charge in [0.2, 0.25) is 5.82 Å². The number of hydrogen-bond acceptors (Lipinski definition) is 4. The highest BCUT2D eigenvalue weighted by Gasteiger charge is 2.30. The van der Waals surface area contributed by atoms with Gasteiger partial charge in [0.1, 0.15) is 12.0 Å². The molecule has 6 heteroatoms. The molecule has 1 aliphatic rings. The van der Waals surface area contributed by atoms with Gasteiger partial charge in [0, 0.05) is 17.7 Å². The fraction of sp³-hybridized carbons (Fsp3) is 0.438. The second kappa shape index (κ2) is 5.87. The van der Waals surface area contributed by atoms with Gasteiger partial charge in [0.05, 0.1) is 12.0 Å². The number of aldehydes is 1. The molecule has 1 aromatic rings. The molecule has 0 radical (unpaired) electrons. The van der Waals surface area contributed by atoms with Gasteiger partial charge in [0.25, 0.3) is 0 Å². The third-order valence-corrected chi connectivity index (χ3v) is 4.04. The number of methoxy groups -OCH3 is 1. The molecular formula is C16H18FNO4. The first-order chi connectivity index (χ1) is 10.3. The van der Waals surface area contributed by atoms with E-state index in [4.69, 9.17) is 4.74 Å². The van der Waals surface area contributed by atoms with Crippen LogP contribution in [0.1, 0.15) is 38.7 Å². The number of nitrogens with zero attached hydrogens (tertiary/aromatic N) is 1. The summed E-state index contributed by atoms with van der Waals surface area (Å²) in [7, 11) is 1.37. The molecule has 0 fully saturated rings. The van der Waals surface area contributed by atoms with Gasteiger partial charge in [-0.15, -0.1) is 0 Å². The number of halogens is 1. The molecule has 0 amide bonds. The summed E-state index contributed by atoms with van der Waals surface area (Å²) in [6.45, 7) is 4.13. The van der Waals surface area contributed by atoms with Crippen molar-refractivity contribution in [1.29, 1.82) is 0 Å². The Kier molecular flexibility index (Phi) is 4.30. The van der Waals surface area contributed by atoms with Crippen molar-refractivity contribution in [3.8, 4) is 5.75 Å². The summed E-state index contributed by atoms with van der Waals surface area (Å²) in [6.07, 6.45) is 2.80. The van der Waals surface area contributed by atoms with Gasteiger partial charge in [-0.2, -0.15) is 4.39 Å². The van der Waals surface area contributed by atoms with E-state index in [0.717, 1.165) is 24.8 Å². The number of benzene rings is 1. The smallest absolute Gasteiger partial charge is 0.305 e. The highest BCUT2D eigenvalue weighted by molar-refractivity contribution is 5.90. The van der Waals surface area contributed by atoms with E-state index in [0.29, 0.717) is 29.6 Å². The van der Waals surface area contributed by atoms with Crippen LogP contribution in [0.3, 0.4) is 0 Å². The molecule has 0 saturated carbocycles. The van der Waals surface area contributed by atoms with Crippen LogP contribution in [0.2, 0.25) is 0 Å². The van der Waals surface area contributed by atoms with Crippen LogP contribution in [0, 0.1) is 21.3 Å². The number of nitro benzene ring substituents is 1. The van der Waals surface area contributed by atoms with E-state index in [2.05, 4.69) is 13.8 Å². The maximum Gasteiger partial charge on any atom is 0.305 e. The molecule has 0 bridgehead atoms. The first-order valence-corrected chi connectivity index (χ1v) is 6.98. The molecule has 5 nitrogen and oxygen atoms in total. The SMILES string of the molecule is COc1cc(F)c([N+](=O)[O-])cc1C1=C(C=O)CC(C)(C)CC1. The van der Waals surface area contributed by atoms with Gasteiger partial charge in [-0.25, -0.2) is 0 Å². The second-order valence-electron chi connectivity index (χ2n) is 6.22. The first kappa shape index (κ1) is 16.1. The zero-order valence-electron chi connectivity index (χ0n) is 12.8. The van der Waals surface area contributed by atoms with Crippen LogP contribution in [0.5, 0.6) is 5.75 Å². The summed E-state index contributed by atoms with van der Waals surface area (Å²) < 4.78 is 18.9. The summed E-state index contributed by atoms with van der Waals surface area (Å²) in [4.78, 5) is 21.6. The average Bonchev–Trinajstić information content (AvgIpc) is 2.46. The van der Waals surface area contributed by atoms with Crippen LogP contribution in [-0.4, -0.2) is 18.3 Å². The Bertz CT molecular complexity index is 664. The maximum absolute atomic E-state index is 13.7. The number of nitro groups is 1. The lowest BCUT2D eigenvalue weighted by Gasteiger charge is -2.31. The summed E-state index contributed by atoms with van der Waals surface area (Å²) in [6, 6.07) is 2.16. The summed E-state index contributed by atoms with van der Waals surface area (Å²) in [5.41, 5.74) is 1.11. The zero-order chi connectivity index (χ0) is 16.5. The van der Waals surface area contributed by atoms with E-state index in [-0.39, 0.29) is 11.2 Å². The Hall–Kier alpha value is -2.24. The van der Waals surface area contributed by atoms with Gasteiger partial charge in [-0.05, 0) is 35.8 Å². The molecule has 0 atom stereocenters. The highest BCUT2D eigenvalue weighted by atomic mass is 19.1. The number of allylic oxidation sites excluding steroid dienone is 2. The summed E-state index contributed by atoms with van der Waals surface area (Å²) >= 11 is 0. The Morgan fingerprint density at radius 1 is 1.41 bits per heavy atom. The minimum absolute atomic E-state index is 0.00105. The van der Waals surface area contributed by atoms with E-state index in [9.17, 15) is 19.3 Å². The number of carbonyl (C=O) groups excluding carboxylic acids is 1. The van der Waals surface area contributed by atoms with E-state index in [1.807, 2.05) is 0 Å². The van der Waals surface area contributed by atoms with Crippen molar-refractivity contribution in [2.45, 2.75) is 33.1 Å². The summed E-state index contributed by atoms with van der Waals surface area (Å²) in [5, 5.41) is 10.9. The Labute approximate surface area is 127 Å². The zero-order valence-corrected chi connectivity index (χ0v) is 12.8. The molecule has 22 heavy (non-hydrogen) atoms. The van der Waals surface area contributed by atoms with Crippen molar-refractivity contribution in [2.24, 2.45) is 5.41 Å². The van der Waals surface area contributed by atoms with E-state index in [1.54, 1.807) is 0 Å². The minimum Gasteiger partial charge on any atom is -0.496 e. The number of hydrogen-bond donors (Lipinski definition) is 0. The van der Waals surface area contributed by atoms with Gasteiger partial charge in [0.15, 0.2) is 0 Å². The van der Waals surface area contributed by atoms with Crippen molar-refractivity contribution >= 4 is 17.5 Å². The lowest BCUT2D eigenvalue weighted by Crippen LogP contribution is -2.19. The van der Waals surface area contributed by atoms with Gasteiger partial charge < -0.3 is 4.74 Å². The van der Waals surface area contributed by atoms with Crippen molar-refractivity contribution < 1.29 is 18.8 Å². The predicted octanol–water partition coefficient (Wildman–Crippen LogP) is 3.91. The number of carbonyl (C=O) groups is 1. The maximum atomic E-state index is 13.7. The van der Waals surface area contributed by atoms with E-state index >= 15 is 0 Å². The largest absolute Gasteiger partial charge is 0.496 e. The van der Waals surface area contributed by atoms with Gasteiger partial charge >= 0.3 is 5.69 Å². The molecule has 0 saturated heterocycles. The van der Waals surface area contributed by atoms with Crippen LogP contribution >= 0.6 is 0 Å². The van der Waals surface area contributed by atoms with Crippen molar-refractivity contribution in [3.63, 3.8) is 0 Å². The van der Waals surface area contributed by atoms with Crippen molar-refractivity contribution in [1.82, 2.24) is 0 Å². The third kappa shape index (κ3) is 3.00. The molecule has 0 N–H and O–H groups in total. The molecule has 0 unspecified atom stereocenters. The molecule has 2 rings (SSSR count). The van der Waals surface area contributed by atoms with Crippen LogP contribution in [0.4, 0.5) is 10.1 Å².